The molecule has 0 bridgehead atoms. The van der Waals surface area contributed by atoms with Gasteiger partial charge in [0, 0.05) is 47.7 Å². The van der Waals surface area contributed by atoms with Crippen molar-refractivity contribution in [2.75, 3.05) is 7.11 Å². The van der Waals surface area contributed by atoms with E-state index < -0.39 is 0 Å². The van der Waals surface area contributed by atoms with Gasteiger partial charge in [0.05, 0.1) is 12.5 Å². The van der Waals surface area contributed by atoms with Crippen LogP contribution < -0.4 is 10.2 Å². The standard InChI is InChI=1S/C17H15N3O2/c1-20-9-13(11-7-10(22-2)3-4-15(11)20)14-8-12-16(21)5-6-18-17(12)19-14/h3-9H,1-2H3,(H2,18,19,21). The topological polar surface area (TPSA) is 62.8 Å². The largest absolute Gasteiger partial charge is 0.497 e. The molecule has 0 fully saturated rings. The molecule has 0 saturated heterocycles. The van der Waals surface area contributed by atoms with Gasteiger partial charge in [0.2, 0.25) is 0 Å². The number of ether oxygens (including phenoxy) is 1. The molecule has 1 aromatic carbocycles. The van der Waals surface area contributed by atoms with E-state index in [4.69, 9.17) is 4.74 Å². The number of fused-ring (bicyclic) bond motifs is 2. The van der Waals surface area contributed by atoms with Crippen LogP contribution in [0.15, 0.2) is 47.5 Å². The van der Waals surface area contributed by atoms with Gasteiger partial charge in [0.25, 0.3) is 0 Å². The van der Waals surface area contributed by atoms with Crippen molar-refractivity contribution in [3.05, 3.63) is 52.9 Å². The molecule has 2 N–H and O–H groups in total. The van der Waals surface area contributed by atoms with Crippen LogP contribution in [-0.2, 0) is 7.05 Å². The molecule has 0 unspecified atom stereocenters. The molecule has 0 spiro atoms. The molecule has 0 aliphatic heterocycles. The second-order valence-corrected chi connectivity index (χ2v) is 5.35. The first-order valence-electron chi connectivity index (χ1n) is 7.01. The van der Waals surface area contributed by atoms with Crippen LogP contribution in [0.1, 0.15) is 0 Å². The predicted molar refractivity (Wildman–Crippen MR) is 87.4 cm³/mol. The van der Waals surface area contributed by atoms with Crippen molar-refractivity contribution in [1.82, 2.24) is 14.5 Å². The maximum absolute atomic E-state index is 11.9. The Kier molecular flexibility index (Phi) is 2.63. The highest BCUT2D eigenvalue weighted by Crippen LogP contribution is 2.33. The number of hydrogen-bond donors (Lipinski definition) is 2. The SMILES string of the molecule is COc1ccc2c(c1)c(-c1cc3c(=O)cc[nH]c3[nH]1)cn2C. The van der Waals surface area contributed by atoms with Crippen molar-refractivity contribution in [3.8, 4) is 17.0 Å². The van der Waals surface area contributed by atoms with Crippen molar-refractivity contribution < 1.29 is 4.74 Å². The first-order chi connectivity index (χ1) is 10.7. The Bertz CT molecular complexity index is 1050. The second-order valence-electron chi connectivity index (χ2n) is 5.35. The van der Waals surface area contributed by atoms with Gasteiger partial charge in [-0.1, -0.05) is 0 Å². The molecule has 4 aromatic rings. The van der Waals surface area contributed by atoms with Crippen molar-refractivity contribution in [1.29, 1.82) is 0 Å². The lowest BCUT2D eigenvalue weighted by atomic mass is 10.1. The zero-order valence-electron chi connectivity index (χ0n) is 12.3. The number of aryl methyl sites for hydroxylation is 1. The Morgan fingerprint density at radius 2 is 2.00 bits per heavy atom. The van der Waals surface area contributed by atoms with E-state index in [0.717, 1.165) is 33.6 Å². The van der Waals surface area contributed by atoms with Gasteiger partial charge in [-0.3, -0.25) is 4.79 Å². The molecule has 5 nitrogen and oxygen atoms in total. The van der Waals surface area contributed by atoms with Gasteiger partial charge in [0.15, 0.2) is 5.43 Å². The summed E-state index contributed by atoms with van der Waals surface area (Å²) in [5.41, 5.74) is 3.81. The molecule has 5 heteroatoms. The van der Waals surface area contributed by atoms with Crippen molar-refractivity contribution in [2.45, 2.75) is 0 Å². The Hall–Kier alpha value is -2.95. The average molecular weight is 293 g/mol. The molecule has 0 amide bonds. The highest BCUT2D eigenvalue weighted by molar-refractivity contribution is 5.98. The van der Waals surface area contributed by atoms with E-state index >= 15 is 0 Å². The number of aromatic amines is 2. The average Bonchev–Trinajstić information content (AvgIpc) is 3.09. The van der Waals surface area contributed by atoms with E-state index in [9.17, 15) is 4.79 Å². The van der Waals surface area contributed by atoms with Crippen LogP contribution in [0.25, 0.3) is 33.2 Å². The number of aromatic nitrogens is 3. The number of hydrogen-bond acceptors (Lipinski definition) is 2. The van der Waals surface area contributed by atoms with E-state index in [0.29, 0.717) is 5.39 Å². The van der Waals surface area contributed by atoms with Gasteiger partial charge in [-0.2, -0.15) is 0 Å². The first kappa shape index (κ1) is 12.8. The lowest BCUT2D eigenvalue weighted by Crippen LogP contribution is -1.97. The van der Waals surface area contributed by atoms with Gasteiger partial charge >= 0.3 is 0 Å². The normalized spacial score (nSPS) is 11.4. The third kappa shape index (κ3) is 1.75. The highest BCUT2D eigenvalue weighted by Gasteiger charge is 2.13. The number of pyridine rings is 1. The van der Waals surface area contributed by atoms with Crippen molar-refractivity contribution >= 4 is 21.9 Å². The van der Waals surface area contributed by atoms with E-state index in [1.54, 1.807) is 13.3 Å². The van der Waals surface area contributed by atoms with E-state index in [2.05, 4.69) is 20.7 Å². The Balaban J connectivity index is 2.03. The summed E-state index contributed by atoms with van der Waals surface area (Å²) in [4.78, 5) is 18.3. The summed E-state index contributed by atoms with van der Waals surface area (Å²) in [6, 6.07) is 9.42. The van der Waals surface area contributed by atoms with Crippen molar-refractivity contribution in [3.63, 3.8) is 0 Å². The molecule has 0 radical (unpaired) electrons. The third-order valence-electron chi connectivity index (χ3n) is 4.03. The monoisotopic (exact) mass is 293 g/mol. The van der Waals surface area contributed by atoms with Crippen LogP contribution in [0.3, 0.4) is 0 Å². The summed E-state index contributed by atoms with van der Waals surface area (Å²) in [7, 11) is 3.66. The fourth-order valence-electron chi connectivity index (χ4n) is 2.91. The van der Waals surface area contributed by atoms with E-state index in [-0.39, 0.29) is 5.43 Å². The second kappa shape index (κ2) is 4.53. The van der Waals surface area contributed by atoms with Gasteiger partial charge in [-0.25, -0.2) is 0 Å². The van der Waals surface area contributed by atoms with E-state index in [1.165, 1.54) is 6.07 Å². The number of benzene rings is 1. The molecular weight excluding hydrogens is 278 g/mol. The molecule has 4 rings (SSSR count). The maximum atomic E-state index is 11.9. The molecule has 0 aliphatic carbocycles. The summed E-state index contributed by atoms with van der Waals surface area (Å²) in [5, 5.41) is 1.75. The zero-order chi connectivity index (χ0) is 15.3. The Morgan fingerprint density at radius 3 is 2.77 bits per heavy atom. The van der Waals surface area contributed by atoms with Gasteiger partial charge in [-0.15, -0.1) is 0 Å². The first-order valence-corrected chi connectivity index (χ1v) is 7.01. The molecule has 0 aliphatic rings. The molecule has 0 atom stereocenters. The number of nitrogens with zero attached hydrogens (tertiary/aromatic N) is 1. The fraction of sp³-hybridized carbons (Fsp3) is 0.118. The molecule has 22 heavy (non-hydrogen) atoms. The van der Waals surface area contributed by atoms with E-state index in [1.807, 2.05) is 31.3 Å². The van der Waals surface area contributed by atoms with Crippen LogP contribution >= 0.6 is 0 Å². The zero-order valence-corrected chi connectivity index (χ0v) is 12.3. The van der Waals surface area contributed by atoms with Crippen LogP contribution in [-0.4, -0.2) is 21.6 Å². The summed E-state index contributed by atoms with van der Waals surface area (Å²) in [6.45, 7) is 0. The quantitative estimate of drug-likeness (QED) is 0.596. The number of rotatable bonds is 2. The Morgan fingerprint density at radius 1 is 1.14 bits per heavy atom. The van der Waals surface area contributed by atoms with Crippen LogP contribution in [0.5, 0.6) is 5.75 Å². The van der Waals surface area contributed by atoms with Crippen molar-refractivity contribution in [2.24, 2.45) is 7.05 Å². The van der Waals surface area contributed by atoms with Crippen LogP contribution in [0.2, 0.25) is 0 Å². The van der Waals surface area contributed by atoms with Crippen LogP contribution in [0.4, 0.5) is 0 Å². The number of methoxy groups -OCH3 is 1. The molecule has 3 heterocycles. The smallest absolute Gasteiger partial charge is 0.191 e. The summed E-state index contributed by atoms with van der Waals surface area (Å²) in [6.07, 6.45) is 3.70. The predicted octanol–water partition coefficient (Wildman–Crippen LogP) is 3.02. The minimum Gasteiger partial charge on any atom is -0.497 e. The highest BCUT2D eigenvalue weighted by atomic mass is 16.5. The van der Waals surface area contributed by atoms with Crippen LogP contribution in [0, 0.1) is 0 Å². The summed E-state index contributed by atoms with van der Waals surface area (Å²) >= 11 is 0. The molecular formula is C17H15N3O2. The minimum atomic E-state index is 0.00840. The fourth-order valence-corrected chi connectivity index (χ4v) is 2.91. The summed E-state index contributed by atoms with van der Waals surface area (Å²) < 4.78 is 7.39. The van der Waals surface area contributed by atoms with Gasteiger partial charge in [0.1, 0.15) is 11.4 Å². The minimum absolute atomic E-state index is 0.00840. The molecule has 110 valence electrons. The maximum Gasteiger partial charge on any atom is 0.191 e. The van der Waals surface area contributed by atoms with Gasteiger partial charge < -0.3 is 19.3 Å². The Labute approximate surface area is 126 Å². The number of nitrogens with one attached hydrogen (secondary N) is 2. The lowest BCUT2D eigenvalue weighted by molar-refractivity contribution is 0.415. The number of H-pyrrole nitrogens is 2. The van der Waals surface area contributed by atoms with Gasteiger partial charge in [-0.05, 0) is 24.3 Å². The molecule has 3 aromatic heterocycles. The molecule has 0 saturated carbocycles. The third-order valence-corrected chi connectivity index (χ3v) is 4.03. The summed E-state index contributed by atoms with van der Waals surface area (Å²) in [5.74, 6) is 0.812. The lowest BCUT2D eigenvalue weighted by Gasteiger charge is -2.01.